The lowest BCUT2D eigenvalue weighted by molar-refractivity contribution is -0.445. The van der Waals surface area contributed by atoms with Crippen LogP contribution in [-0.2, 0) is 4.79 Å². The maximum Gasteiger partial charge on any atom is 0.460 e. The molecule has 0 aliphatic heterocycles. The van der Waals surface area contributed by atoms with Crippen LogP contribution >= 0.6 is 0 Å². The summed E-state index contributed by atoms with van der Waals surface area (Å²) in [5, 5.41) is 0. The number of ketones is 1. The van der Waals surface area contributed by atoms with Gasteiger partial charge >= 0.3 is 35.8 Å². The first kappa shape index (κ1) is 23.8. The molecule has 160 valence electrons. The Morgan fingerprint density at radius 3 is 1.41 bits per heavy atom. The molecule has 1 aliphatic rings. The molecule has 0 radical (unpaired) electrons. The van der Waals surface area contributed by atoms with E-state index in [0.29, 0.717) is 0 Å². The van der Waals surface area contributed by atoms with E-state index < -0.39 is 65.7 Å². The third-order valence-electron chi connectivity index (χ3n) is 4.70. The Hall–Kier alpha value is -1.24. The predicted octanol–water partition coefficient (Wildman–Crippen LogP) is 5.73. The lowest BCUT2D eigenvalue weighted by Gasteiger charge is -2.44. The fourth-order valence-electron chi connectivity index (χ4n) is 2.73. The van der Waals surface area contributed by atoms with Crippen LogP contribution in [0.25, 0.3) is 0 Å². The molecular formula is C13H11F13O. The van der Waals surface area contributed by atoms with Gasteiger partial charge in [0.05, 0.1) is 5.41 Å². The summed E-state index contributed by atoms with van der Waals surface area (Å²) in [7, 11) is 0. The molecule has 27 heavy (non-hydrogen) atoms. The monoisotopic (exact) mass is 430 g/mol. The molecule has 0 aromatic rings. The largest absolute Gasteiger partial charge is 0.460 e. The van der Waals surface area contributed by atoms with Crippen molar-refractivity contribution >= 4 is 5.78 Å². The van der Waals surface area contributed by atoms with Crippen molar-refractivity contribution in [2.24, 2.45) is 11.3 Å². The summed E-state index contributed by atoms with van der Waals surface area (Å²) in [6.07, 6.45) is -9.19. The highest BCUT2D eigenvalue weighted by molar-refractivity contribution is 5.89. The van der Waals surface area contributed by atoms with E-state index in [1.807, 2.05) is 0 Å². The van der Waals surface area contributed by atoms with Crippen LogP contribution in [-0.4, -0.2) is 41.6 Å². The minimum absolute atomic E-state index is 0.0306. The Bertz CT molecular complexity index is 606. The van der Waals surface area contributed by atoms with Crippen molar-refractivity contribution in [2.75, 3.05) is 0 Å². The van der Waals surface area contributed by atoms with Gasteiger partial charge in [0.25, 0.3) is 0 Å². The smallest absolute Gasteiger partial charge is 0.299 e. The standard InChI is InChI=1S/C13H11F13O/c1-5-3-4-7(2,6(5)27)8(14,15)9(16,17)10(18,19)11(20,21)12(22,23)13(24,25)26/h5H,3-4H2,1-2H3. The van der Waals surface area contributed by atoms with Crippen molar-refractivity contribution in [2.45, 2.75) is 62.5 Å². The highest BCUT2D eigenvalue weighted by Gasteiger charge is 2.92. The van der Waals surface area contributed by atoms with Gasteiger partial charge in [0.2, 0.25) is 0 Å². The fourth-order valence-corrected chi connectivity index (χ4v) is 2.73. The molecule has 1 fully saturated rings. The fraction of sp³-hybridized carbons (Fsp3) is 0.923. The Morgan fingerprint density at radius 2 is 1.11 bits per heavy atom. The zero-order valence-electron chi connectivity index (χ0n) is 13.3. The maximum absolute atomic E-state index is 14.1. The molecule has 2 unspecified atom stereocenters. The number of hydrogen-bond donors (Lipinski definition) is 0. The second-order valence-electron chi connectivity index (χ2n) is 6.51. The molecule has 0 aromatic heterocycles. The summed E-state index contributed by atoms with van der Waals surface area (Å²) in [5.74, 6) is -40.5. The molecule has 0 heterocycles. The quantitative estimate of drug-likeness (QED) is 0.510. The van der Waals surface area contributed by atoms with Gasteiger partial charge in [0.15, 0.2) is 0 Å². The van der Waals surface area contributed by atoms with E-state index in [4.69, 9.17) is 0 Å². The zero-order chi connectivity index (χ0) is 22.1. The summed E-state index contributed by atoms with van der Waals surface area (Å²) in [4.78, 5) is 11.7. The molecule has 0 amide bonds. The summed E-state index contributed by atoms with van der Waals surface area (Å²) in [6.45, 7) is 0.967. The average molecular weight is 430 g/mol. The molecule has 1 aliphatic carbocycles. The highest BCUT2D eigenvalue weighted by atomic mass is 19.4. The number of carbonyl (C=O) groups is 1. The Morgan fingerprint density at radius 1 is 0.741 bits per heavy atom. The van der Waals surface area contributed by atoms with E-state index in [1.54, 1.807) is 0 Å². The zero-order valence-corrected chi connectivity index (χ0v) is 13.3. The van der Waals surface area contributed by atoms with Crippen molar-refractivity contribution in [3.63, 3.8) is 0 Å². The molecule has 1 saturated carbocycles. The number of alkyl halides is 13. The minimum atomic E-state index is -7.95. The lowest BCUT2D eigenvalue weighted by atomic mass is 9.74. The van der Waals surface area contributed by atoms with Gasteiger partial charge in [-0.05, 0) is 19.8 Å². The summed E-state index contributed by atoms with van der Waals surface area (Å²) in [6, 6.07) is 0. The van der Waals surface area contributed by atoms with E-state index in [2.05, 4.69) is 0 Å². The van der Waals surface area contributed by atoms with Crippen LogP contribution in [0.3, 0.4) is 0 Å². The molecule has 2 atom stereocenters. The van der Waals surface area contributed by atoms with Crippen LogP contribution in [0, 0.1) is 11.3 Å². The Balaban J connectivity index is 3.58. The molecule has 0 N–H and O–H groups in total. The van der Waals surface area contributed by atoms with Crippen LogP contribution in [0.2, 0.25) is 0 Å². The van der Waals surface area contributed by atoms with Crippen LogP contribution in [0.5, 0.6) is 0 Å². The van der Waals surface area contributed by atoms with Gasteiger partial charge in [-0.2, -0.15) is 57.1 Å². The van der Waals surface area contributed by atoms with Crippen LogP contribution in [0.15, 0.2) is 0 Å². The summed E-state index contributed by atoms with van der Waals surface area (Å²) < 4.78 is 170. The third-order valence-corrected chi connectivity index (χ3v) is 4.70. The Labute approximate surface area is 142 Å². The first-order valence-electron chi connectivity index (χ1n) is 7.04. The van der Waals surface area contributed by atoms with E-state index in [1.165, 1.54) is 0 Å². The van der Waals surface area contributed by atoms with Crippen LogP contribution in [0.1, 0.15) is 26.7 Å². The molecule has 0 spiro atoms. The van der Waals surface area contributed by atoms with Gasteiger partial charge in [0.1, 0.15) is 5.78 Å². The molecular weight excluding hydrogens is 419 g/mol. The number of rotatable bonds is 5. The highest BCUT2D eigenvalue weighted by Crippen LogP contribution is 2.64. The van der Waals surface area contributed by atoms with Crippen LogP contribution < -0.4 is 0 Å². The molecule has 14 heteroatoms. The van der Waals surface area contributed by atoms with E-state index in [-0.39, 0.29) is 6.92 Å². The number of carbonyl (C=O) groups excluding carboxylic acids is 1. The van der Waals surface area contributed by atoms with Crippen molar-refractivity contribution in [1.29, 1.82) is 0 Å². The van der Waals surface area contributed by atoms with Gasteiger partial charge in [-0.25, -0.2) is 0 Å². The first-order valence-corrected chi connectivity index (χ1v) is 7.04. The number of hydrogen-bond acceptors (Lipinski definition) is 1. The average Bonchev–Trinajstić information content (AvgIpc) is 2.74. The van der Waals surface area contributed by atoms with Crippen molar-refractivity contribution < 1.29 is 61.9 Å². The maximum atomic E-state index is 14.1. The SMILES string of the molecule is CC1CCC(C)(C(F)(F)C(F)(F)C(F)(F)C(F)(F)C(F)(F)C(F)(F)F)C1=O. The first-order chi connectivity index (χ1) is 11.5. The van der Waals surface area contributed by atoms with Gasteiger partial charge in [0, 0.05) is 5.92 Å². The topological polar surface area (TPSA) is 17.1 Å². The molecule has 0 bridgehead atoms. The van der Waals surface area contributed by atoms with Crippen LogP contribution in [0.4, 0.5) is 57.1 Å². The van der Waals surface area contributed by atoms with E-state index >= 15 is 0 Å². The van der Waals surface area contributed by atoms with Gasteiger partial charge in [-0.15, -0.1) is 0 Å². The normalized spacial score (nSPS) is 26.6. The molecule has 1 nitrogen and oxygen atoms in total. The Kier molecular flexibility index (Phi) is 5.18. The minimum Gasteiger partial charge on any atom is -0.299 e. The summed E-state index contributed by atoms with van der Waals surface area (Å²) >= 11 is 0. The van der Waals surface area contributed by atoms with Crippen molar-refractivity contribution in [3.05, 3.63) is 0 Å². The lowest BCUT2D eigenvalue weighted by Crippen LogP contribution is -2.72. The van der Waals surface area contributed by atoms with Gasteiger partial charge < -0.3 is 0 Å². The molecule has 0 aromatic carbocycles. The number of halogens is 13. The van der Waals surface area contributed by atoms with Crippen molar-refractivity contribution in [1.82, 2.24) is 0 Å². The molecule has 0 saturated heterocycles. The summed E-state index contributed by atoms with van der Waals surface area (Å²) in [5.41, 5.74) is -3.68. The predicted molar refractivity (Wildman–Crippen MR) is 62.3 cm³/mol. The van der Waals surface area contributed by atoms with Gasteiger partial charge in [-0.3, -0.25) is 4.79 Å². The van der Waals surface area contributed by atoms with Crippen molar-refractivity contribution in [3.8, 4) is 0 Å². The van der Waals surface area contributed by atoms with Gasteiger partial charge in [-0.1, -0.05) is 6.92 Å². The number of Topliss-reactive ketones (excluding diaryl/α,β-unsaturated/α-hetero) is 1. The third kappa shape index (κ3) is 2.71. The second kappa shape index (κ2) is 5.88. The van der Waals surface area contributed by atoms with E-state index in [9.17, 15) is 61.9 Å². The second-order valence-corrected chi connectivity index (χ2v) is 6.51. The van der Waals surface area contributed by atoms with E-state index in [0.717, 1.165) is 6.92 Å². The molecule has 1 rings (SSSR count).